The van der Waals surface area contributed by atoms with Crippen molar-refractivity contribution in [1.29, 1.82) is 0 Å². The zero-order valence-corrected chi connectivity index (χ0v) is 10.5. The first-order valence-corrected chi connectivity index (χ1v) is 6.31. The predicted octanol–water partition coefficient (Wildman–Crippen LogP) is 3.61. The van der Waals surface area contributed by atoms with E-state index in [2.05, 4.69) is 13.8 Å². The highest BCUT2D eigenvalue weighted by Gasteiger charge is 2.09. The summed E-state index contributed by atoms with van der Waals surface area (Å²) in [6.07, 6.45) is 6.15. The molecule has 0 aliphatic carbocycles. The molecule has 0 aromatic heterocycles. The fraction of sp³-hybridized carbons (Fsp3) is 0.571. The fourth-order valence-corrected chi connectivity index (χ4v) is 2.06. The molecular formula is C14H24N2. The minimum atomic E-state index is 0.740. The summed E-state index contributed by atoms with van der Waals surface area (Å²) >= 11 is 0. The summed E-state index contributed by atoms with van der Waals surface area (Å²) in [5, 5.41) is 0. The normalized spacial score (nSPS) is 12.6. The Labute approximate surface area is 99.0 Å². The lowest BCUT2D eigenvalue weighted by Crippen LogP contribution is -2.06. The molecule has 4 N–H and O–H groups in total. The van der Waals surface area contributed by atoms with Crippen LogP contribution in [0.2, 0.25) is 0 Å². The largest absolute Gasteiger partial charge is 0.399 e. The maximum atomic E-state index is 5.97. The van der Waals surface area contributed by atoms with E-state index in [1.165, 1.54) is 31.2 Å². The van der Waals surface area contributed by atoms with Crippen molar-refractivity contribution < 1.29 is 0 Å². The van der Waals surface area contributed by atoms with Crippen LogP contribution in [0.15, 0.2) is 18.2 Å². The van der Waals surface area contributed by atoms with Gasteiger partial charge in [0.2, 0.25) is 0 Å². The summed E-state index contributed by atoms with van der Waals surface area (Å²) in [6.45, 7) is 4.49. The Morgan fingerprint density at radius 3 is 2.56 bits per heavy atom. The van der Waals surface area contributed by atoms with Gasteiger partial charge in [-0.05, 0) is 36.1 Å². The van der Waals surface area contributed by atoms with Crippen LogP contribution >= 0.6 is 0 Å². The average molecular weight is 220 g/mol. The molecule has 90 valence electrons. The molecule has 0 amide bonds. The van der Waals surface area contributed by atoms with Crippen molar-refractivity contribution in [1.82, 2.24) is 0 Å². The monoisotopic (exact) mass is 220 g/mol. The van der Waals surface area contributed by atoms with Gasteiger partial charge < -0.3 is 11.5 Å². The first kappa shape index (κ1) is 12.9. The summed E-state index contributed by atoms with van der Waals surface area (Å²) in [5.41, 5.74) is 14.7. The van der Waals surface area contributed by atoms with Crippen molar-refractivity contribution in [3.05, 3.63) is 23.8 Å². The van der Waals surface area contributed by atoms with Crippen LogP contribution < -0.4 is 11.5 Å². The molecule has 1 aromatic carbocycles. The van der Waals surface area contributed by atoms with Gasteiger partial charge in [-0.25, -0.2) is 0 Å². The summed E-state index contributed by atoms with van der Waals surface area (Å²) in [6, 6.07) is 5.80. The number of benzene rings is 1. The molecular weight excluding hydrogens is 196 g/mol. The first-order chi connectivity index (χ1) is 7.67. The molecule has 1 aromatic rings. The molecule has 2 heteroatoms. The highest BCUT2D eigenvalue weighted by atomic mass is 14.6. The molecule has 16 heavy (non-hydrogen) atoms. The summed E-state index contributed by atoms with van der Waals surface area (Å²) in [4.78, 5) is 0. The van der Waals surface area contributed by atoms with Crippen LogP contribution in [0.4, 0.5) is 11.4 Å². The molecule has 1 unspecified atom stereocenters. The van der Waals surface area contributed by atoms with Crippen molar-refractivity contribution >= 4 is 11.4 Å². The van der Waals surface area contributed by atoms with E-state index in [1.807, 2.05) is 18.2 Å². The van der Waals surface area contributed by atoms with Gasteiger partial charge in [-0.1, -0.05) is 39.5 Å². The van der Waals surface area contributed by atoms with E-state index >= 15 is 0 Å². The summed E-state index contributed by atoms with van der Waals surface area (Å²) in [7, 11) is 0. The standard InChI is InChI=1S/C14H24N2/c1-3-5-6-11(4-2)9-12-10-13(15)7-8-14(12)16/h7-8,10-11H,3-6,9,15-16H2,1-2H3. The van der Waals surface area contributed by atoms with Crippen molar-refractivity contribution in [3.63, 3.8) is 0 Å². The number of rotatable bonds is 6. The maximum Gasteiger partial charge on any atom is 0.0348 e. The van der Waals surface area contributed by atoms with Crippen LogP contribution in [0.25, 0.3) is 0 Å². The van der Waals surface area contributed by atoms with Gasteiger partial charge >= 0.3 is 0 Å². The molecule has 0 aliphatic heterocycles. The molecule has 0 spiro atoms. The average Bonchev–Trinajstić information content (AvgIpc) is 2.28. The van der Waals surface area contributed by atoms with Gasteiger partial charge in [-0.3, -0.25) is 0 Å². The summed E-state index contributed by atoms with van der Waals surface area (Å²) in [5.74, 6) is 0.740. The molecule has 0 aliphatic rings. The number of hydrogen-bond acceptors (Lipinski definition) is 2. The molecule has 2 nitrogen and oxygen atoms in total. The summed E-state index contributed by atoms with van der Waals surface area (Å²) < 4.78 is 0. The Morgan fingerprint density at radius 2 is 1.94 bits per heavy atom. The number of anilines is 2. The smallest absolute Gasteiger partial charge is 0.0348 e. The van der Waals surface area contributed by atoms with E-state index in [9.17, 15) is 0 Å². The van der Waals surface area contributed by atoms with Crippen LogP contribution in [0, 0.1) is 5.92 Å². The Bertz CT molecular complexity index is 321. The van der Waals surface area contributed by atoms with E-state index in [-0.39, 0.29) is 0 Å². The van der Waals surface area contributed by atoms with E-state index in [4.69, 9.17) is 11.5 Å². The van der Waals surface area contributed by atoms with Crippen LogP contribution in [-0.4, -0.2) is 0 Å². The molecule has 0 bridgehead atoms. The predicted molar refractivity (Wildman–Crippen MR) is 72.3 cm³/mol. The topological polar surface area (TPSA) is 52.0 Å². The van der Waals surface area contributed by atoms with Crippen molar-refractivity contribution in [3.8, 4) is 0 Å². The zero-order chi connectivity index (χ0) is 12.0. The second kappa shape index (κ2) is 6.41. The Kier molecular flexibility index (Phi) is 5.17. The van der Waals surface area contributed by atoms with E-state index in [1.54, 1.807) is 0 Å². The van der Waals surface area contributed by atoms with Gasteiger partial charge in [0, 0.05) is 11.4 Å². The zero-order valence-electron chi connectivity index (χ0n) is 10.5. The third-order valence-corrected chi connectivity index (χ3v) is 3.22. The number of unbranched alkanes of at least 4 members (excludes halogenated alkanes) is 1. The van der Waals surface area contributed by atoms with Crippen LogP contribution in [0.3, 0.4) is 0 Å². The first-order valence-electron chi connectivity index (χ1n) is 6.31. The maximum absolute atomic E-state index is 5.97. The fourth-order valence-electron chi connectivity index (χ4n) is 2.06. The lowest BCUT2D eigenvalue weighted by molar-refractivity contribution is 0.450. The molecule has 1 rings (SSSR count). The second-order valence-electron chi connectivity index (χ2n) is 4.58. The highest BCUT2D eigenvalue weighted by molar-refractivity contribution is 5.55. The molecule has 0 fully saturated rings. The molecule has 0 saturated carbocycles. The Morgan fingerprint density at radius 1 is 1.19 bits per heavy atom. The van der Waals surface area contributed by atoms with E-state index in [0.717, 1.165) is 23.7 Å². The number of nitrogen functional groups attached to an aromatic ring is 2. The van der Waals surface area contributed by atoms with Gasteiger partial charge in [0.1, 0.15) is 0 Å². The second-order valence-corrected chi connectivity index (χ2v) is 4.58. The molecule has 0 radical (unpaired) electrons. The number of hydrogen-bond donors (Lipinski definition) is 2. The van der Waals surface area contributed by atoms with Crippen molar-refractivity contribution in [2.75, 3.05) is 11.5 Å². The van der Waals surface area contributed by atoms with Crippen molar-refractivity contribution in [2.24, 2.45) is 5.92 Å². The Hall–Kier alpha value is -1.18. The van der Waals surface area contributed by atoms with Gasteiger partial charge in [0.15, 0.2) is 0 Å². The van der Waals surface area contributed by atoms with Crippen LogP contribution in [0.1, 0.15) is 45.1 Å². The highest BCUT2D eigenvalue weighted by Crippen LogP contribution is 2.23. The van der Waals surface area contributed by atoms with Gasteiger partial charge in [-0.2, -0.15) is 0 Å². The molecule has 1 atom stereocenters. The minimum Gasteiger partial charge on any atom is -0.399 e. The van der Waals surface area contributed by atoms with Crippen molar-refractivity contribution in [2.45, 2.75) is 46.0 Å². The third kappa shape index (κ3) is 3.76. The van der Waals surface area contributed by atoms with Crippen LogP contribution in [-0.2, 0) is 6.42 Å². The van der Waals surface area contributed by atoms with E-state index in [0.29, 0.717) is 0 Å². The lowest BCUT2D eigenvalue weighted by Gasteiger charge is -2.16. The SMILES string of the molecule is CCCCC(CC)Cc1cc(N)ccc1N. The third-order valence-electron chi connectivity index (χ3n) is 3.22. The van der Waals surface area contributed by atoms with Crippen LogP contribution in [0.5, 0.6) is 0 Å². The Balaban J connectivity index is 2.65. The van der Waals surface area contributed by atoms with E-state index < -0.39 is 0 Å². The quantitative estimate of drug-likeness (QED) is 0.719. The number of nitrogens with two attached hydrogens (primary N) is 2. The lowest BCUT2D eigenvalue weighted by atomic mass is 9.91. The molecule has 0 saturated heterocycles. The van der Waals surface area contributed by atoms with Gasteiger partial charge in [-0.15, -0.1) is 0 Å². The van der Waals surface area contributed by atoms with Gasteiger partial charge in [0.25, 0.3) is 0 Å². The molecule has 0 heterocycles. The van der Waals surface area contributed by atoms with Gasteiger partial charge in [0.05, 0.1) is 0 Å². The minimum absolute atomic E-state index is 0.740.